The van der Waals surface area contributed by atoms with Gasteiger partial charge < -0.3 is 8.98 Å². The molecule has 3 heterocycles. The number of alkyl halides is 6. The standard InChI is InChI=1S/C30H31F6N5O/c1-18-5-4-8-41(15-18)16-20-10-23(30(34,35)36)25-24(11-20)38-26(42-25)21-7-3-6-19(9-21)12-28(27-39-37-17-40(27)2)13-22(14-28)29(31,32)33/h3,6-7,9-11,17-18,22H,4-5,8,12-16H2,1-2H3/t18-,22?,28?/m0/s1. The molecule has 1 saturated carbocycles. The van der Waals surface area contributed by atoms with Gasteiger partial charge in [-0.15, -0.1) is 10.2 Å². The average molecular weight is 592 g/mol. The summed E-state index contributed by atoms with van der Waals surface area (Å²) < 4.78 is 90.1. The molecule has 0 bridgehead atoms. The first-order valence-electron chi connectivity index (χ1n) is 14.0. The van der Waals surface area contributed by atoms with Gasteiger partial charge in [-0.05, 0) is 80.0 Å². The molecule has 1 atom stereocenters. The van der Waals surface area contributed by atoms with Crippen LogP contribution in [0.25, 0.3) is 22.6 Å². The molecule has 6 rings (SSSR count). The van der Waals surface area contributed by atoms with E-state index in [4.69, 9.17) is 4.42 Å². The van der Waals surface area contributed by atoms with Crippen LogP contribution in [0.15, 0.2) is 47.1 Å². The summed E-state index contributed by atoms with van der Waals surface area (Å²) in [7, 11) is 1.70. The molecule has 4 aromatic rings. The highest BCUT2D eigenvalue weighted by Crippen LogP contribution is 2.55. The quantitative estimate of drug-likeness (QED) is 0.220. The predicted molar refractivity (Wildman–Crippen MR) is 143 cm³/mol. The van der Waals surface area contributed by atoms with Crippen LogP contribution in [0.3, 0.4) is 0 Å². The van der Waals surface area contributed by atoms with E-state index in [-0.39, 0.29) is 36.3 Å². The minimum Gasteiger partial charge on any atom is -0.435 e. The fourth-order valence-corrected chi connectivity index (χ4v) is 6.69. The van der Waals surface area contributed by atoms with E-state index < -0.39 is 29.2 Å². The number of nitrogens with zero attached hydrogens (tertiary/aromatic N) is 5. The van der Waals surface area contributed by atoms with Gasteiger partial charge in [0, 0.05) is 31.1 Å². The molecular formula is C30H31F6N5O. The second kappa shape index (κ2) is 10.4. The summed E-state index contributed by atoms with van der Waals surface area (Å²) in [6.45, 7) is 4.20. The van der Waals surface area contributed by atoms with Crippen molar-refractivity contribution in [3.05, 3.63) is 65.2 Å². The van der Waals surface area contributed by atoms with Crippen LogP contribution in [-0.4, -0.2) is 43.9 Å². The van der Waals surface area contributed by atoms with E-state index in [2.05, 4.69) is 27.0 Å². The van der Waals surface area contributed by atoms with E-state index in [1.807, 2.05) is 0 Å². The molecule has 1 aliphatic carbocycles. The lowest BCUT2D eigenvalue weighted by Gasteiger charge is -2.47. The van der Waals surface area contributed by atoms with Gasteiger partial charge in [0.2, 0.25) is 5.89 Å². The molecule has 2 fully saturated rings. The smallest absolute Gasteiger partial charge is 0.420 e. The van der Waals surface area contributed by atoms with Gasteiger partial charge in [-0.3, -0.25) is 4.90 Å². The van der Waals surface area contributed by atoms with Gasteiger partial charge >= 0.3 is 12.4 Å². The Morgan fingerprint density at radius 1 is 1.05 bits per heavy atom. The van der Waals surface area contributed by atoms with Crippen molar-refractivity contribution in [1.29, 1.82) is 0 Å². The molecule has 2 aromatic heterocycles. The molecular weight excluding hydrogens is 560 g/mol. The van der Waals surface area contributed by atoms with Gasteiger partial charge in [0.1, 0.15) is 23.2 Å². The van der Waals surface area contributed by atoms with Crippen LogP contribution >= 0.6 is 0 Å². The molecule has 0 N–H and O–H groups in total. The Labute approximate surface area is 238 Å². The van der Waals surface area contributed by atoms with Crippen LogP contribution in [0, 0.1) is 11.8 Å². The Kier molecular flexibility index (Phi) is 7.10. The minimum atomic E-state index is -4.64. The van der Waals surface area contributed by atoms with Gasteiger partial charge in [0.05, 0.1) is 5.92 Å². The summed E-state index contributed by atoms with van der Waals surface area (Å²) in [4.78, 5) is 6.61. The molecule has 42 heavy (non-hydrogen) atoms. The van der Waals surface area contributed by atoms with E-state index in [0.29, 0.717) is 35.0 Å². The van der Waals surface area contributed by atoms with Gasteiger partial charge in [-0.25, -0.2) is 4.98 Å². The van der Waals surface area contributed by atoms with Crippen LogP contribution in [-0.2, 0) is 31.6 Å². The van der Waals surface area contributed by atoms with Gasteiger partial charge in [0.15, 0.2) is 5.58 Å². The average Bonchev–Trinajstić information content (AvgIpc) is 3.51. The molecule has 0 unspecified atom stereocenters. The van der Waals surface area contributed by atoms with Crippen molar-refractivity contribution in [3.8, 4) is 11.5 Å². The molecule has 6 nitrogen and oxygen atoms in total. The molecule has 1 saturated heterocycles. The first-order chi connectivity index (χ1) is 19.8. The minimum absolute atomic E-state index is 0.0237. The van der Waals surface area contributed by atoms with Crippen molar-refractivity contribution in [2.75, 3.05) is 13.1 Å². The molecule has 2 aromatic carbocycles. The van der Waals surface area contributed by atoms with Crippen LogP contribution in [0.1, 0.15) is 55.1 Å². The summed E-state index contributed by atoms with van der Waals surface area (Å²) in [5.41, 5.74) is -0.280. The Morgan fingerprint density at radius 3 is 2.50 bits per heavy atom. The normalized spacial score (nSPS) is 23.8. The fourth-order valence-electron chi connectivity index (χ4n) is 6.69. The van der Waals surface area contributed by atoms with Crippen molar-refractivity contribution in [2.45, 2.75) is 63.3 Å². The highest BCUT2D eigenvalue weighted by atomic mass is 19.4. The number of piperidine rings is 1. The highest BCUT2D eigenvalue weighted by Gasteiger charge is 2.58. The van der Waals surface area contributed by atoms with E-state index >= 15 is 0 Å². The number of likely N-dealkylation sites (tertiary alicyclic amines) is 1. The number of oxazole rings is 1. The lowest BCUT2D eigenvalue weighted by atomic mass is 9.58. The SMILES string of the molecule is C[C@H]1CCCN(Cc2cc(C(F)(F)F)c3oc(-c4cccc(CC5(c6nncn6C)CC(C(F)(F)F)C5)c4)nc3c2)C1. The van der Waals surface area contributed by atoms with E-state index in [0.717, 1.165) is 32.0 Å². The molecule has 0 spiro atoms. The van der Waals surface area contributed by atoms with Crippen LogP contribution < -0.4 is 0 Å². The fraction of sp³-hybridized carbons (Fsp3) is 0.500. The summed E-state index contributed by atoms with van der Waals surface area (Å²) in [6, 6.07) is 9.67. The molecule has 0 radical (unpaired) electrons. The molecule has 0 amide bonds. The number of hydrogen-bond acceptors (Lipinski definition) is 5. The monoisotopic (exact) mass is 591 g/mol. The zero-order valence-corrected chi connectivity index (χ0v) is 23.3. The van der Waals surface area contributed by atoms with Crippen molar-refractivity contribution < 1.29 is 30.8 Å². The van der Waals surface area contributed by atoms with Gasteiger partial charge in [-0.2, -0.15) is 26.3 Å². The topological polar surface area (TPSA) is 60.0 Å². The third kappa shape index (κ3) is 5.52. The zero-order chi connectivity index (χ0) is 29.9. The number of benzene rings is 2. The lowest BCUT2D eigenvalue weighted by Crippen LogP contribution is -2.50. The number of aryl methyl sites for hydroxylation is 1. The molecule has 224 valence electrons. The van der Waals surface area contributed by atoms with Crippen molar-refractivity contribution in [2.24, 2.45) is 18.9 Å². The Morgan fingerprint density at radius 2 is 1.83 bits per heavy atom. The number of fused-ring (bicyclic) bond motifs is 1. The first kappa shape index (κ1) is 28.7. The maximum absolute atomic E-state index is 14.1. The maximum atomic E-state index is 14.1. The van der Waals surface area contributed by atoms with Crippen LogP contribution in [0.4, 0.5) is 26.3 Å². The lowest BCUT2D eigenvalue weighted by molar-refractivity contribution is -0.210. The third-order valence-corrected chi connectivity index (χ3v) is 8.64. The van der Waals surface area contributed by atoms with Crippen molar-refractivity contribution >= 4 is 11.1 Å². The first-order valence-corrected chi connectivity index (χ1v) is 14.0. The summed E-state index contributed by atoms with van der Waals surface area (Å²) >= 11 is 0. The second-order valence-electron chi connectivity index (χ2n) is 12.1. The Hall–Kier alpha value is -3.41. The largest absolute Gasteiger partial charge is 0.435 e. The van der Waals surface area contributed by atoms with E-state index in [1.54, 1.807) is 41.9 Å². The van der Waals surface area contributed by atoms with Gasteiger partial charge in [-0.1, -0.05) is 19.1 Å². The summed E-state index contributed by atoms with van der Waals surface area (Å²) in [5, 5.41) is 8.00. The summed E-state index contributed by atoms with van der Waals surface area (Å²) in [6.07, 6.45) is -5.34. The number of hydrogen-bond donors (Lipinski definition) is 0. The van der Waals surface area contributed by atoms with Crippen molar-refractivity contribution in [1.82, 2.24) is 24.6 Å². The highest BCUT2D eigenvalue weighted by molar-refractivity contribution is 5.81. The predicted octanol–water partition coefficient (Wildman–Crippen LogP) is 7.33. The van der Waals surface area contributed by atoms with Crippen molar-refractivity contribution in [3.63, 3.8) is 0 Å². The number of aromatic nitrogens is 4. The molecule has 1 aliphatic heterocycles. The number of rotatable bonds is 6. The Balaban J connectivity index is 1.32. The number of halogens is 6. The van der Waals surface area contributed by atoms with E-state index in [9.17, 15) is 26.3 Å². The second-order valence-corrected chi connectivity index (χ2v) is 12.1. The molecule has 2 aliphatic rings. The van der Waals surface area contributed by atoms with E-state index in [1.165, 1.54) is 6.33 Å². The molecule has 12 heteroatoms. The maximum Gasteiger partial charge on any atom is 0.420 e. The summed E-state index contributed by atoms with van der Waals surface area (Å²) in [5.74, 6) is -0.448. The van der Waals surface area contributed by atoms with Gasteiger partial charge in [0.25, 0.3) is 0 Å². The zero-order valence-electron chi connectivity index (χ0n) is 23.3. The van der Waals surface area contributed by atoms with Crippen LogP contribution in [0.2, 0.25) is 0 Å². The van der Waals surface area contributed by atoms with Crippen LogP contribution in [0.5, 0.6) is 0 Å². The third-order valence-electron chi connectivity index (χ3n) is 8.64. The Bertz CT molecular complexity index is 1580.